The molecule has 0 unspecified atom stereocenters. The number of aryl methyl sites for hydroxylation is 1. The number of nitrogens with zero attached hydrogens (tertiary/aromatic N) is 4. The zero-order valence-corrected chi connectivity index (χ0v) is 15.3. The third kappa shape index (κ3) is 3.50. The first-order valence-corrected chi connectivity index (χ1v) is 9.18. The number of para-hydroxylation sites is 1. The Morgan fingerprint density at radius 2 is 1.96 bits per heavy atom. The summed E-state index contributed by atoms with van der Waals surface area (Å²) in [5.41, 5.74) is 2.04. The normalized spacial score (nSPS) is 14.7. The molecule has 0 aliphatic carbocycles. The summed E-state index contributed by atoms with van der Waals surface area (Å²) in [7, 11) is 0. The monoisotopic (exact) mass is 366 g/mol. The summed E-state index contributed by atoms with van der Waals surface area (Å²) in [5, 5.41) is 14.8. The average Bonchev–Trinajstić information content (AvgIpc) is 3.30. The van der Waals surface area contributed by atoms with Crippen LogP contribution in [0.2, 0.25) is 0 Å². The third-order valence-electron chi connectivity index (χ3n) is 4.86. The first-order valence-electron chi connectivity index (χ1n) is 9.18. The largest absolute Gasteiger partial charge is 0.491 e. The number of carbonyl (C=O) groups is 1. The fraction of sp³-hybridized carbons (Fsp3) is 0.350. The maximum Gasteiger partial charge on any atom is 0.354 e. The highest BCUT2D eigenvalue weighted by molar-refractivity contribution is 5.93. The van der Waals surface area contributed by atoms with Crippen molar-refractivity contribution in [2.75, 3.05) is 26.2 Å². The topological polar surface area (TPSA) is 80.5 Å². The van der Waals surface area contributed by atoms with Crippen LogP contribution in [-0.4, -0.2) is 57.0 Å². The van der Waals surface area contributed by atoms with E-state index in [1.54, 1.807) is 4.68 Å². The molecule has 1 aromatic carbocycles. The van der Waals surface area contributed by atoms with Gasteiger partial charge < -0.3 is 9.84 Å². The molecular formula is C20H22N4O3. The minimum absolute atomic E-state index is 0.0456. The molecule has 140 valence electrons. The number of hydrogen-bond acceptors (Lipinski definition) is 5. The van der Waals surface area contributed by atoms with Gasteiger partial charge in [-0.2, -0.15) is 5.10 Å². The molecule has 0 spiro atoms. The summed E-state index contributed by atoms with van der Waals surface area (Å²) in [6.07, 6.45) is 2.46. The molecule has 27 heavy (non-hydrogen) atoms. The second-order valence-electron chi connectivity index (χ2n) is 6.74. The van der Waals surface area contributed by atoms with Gasteiger partial charge in [-0.05, 0) is 45.0 Å². The number of hydrogen-bond donors (Lipinski definition) is 1. The molecule has 4 rings (SSSR count). The Bertz CT molecular complexity index is 962. The van der Waals surface area contributed by atoms with E-state index in [0.717, 1.165) is 36.4 Å². The predicted octanol–water partition coefficient (Wildman–Crippen LogP) is 2.90. The van der Waals surface area contributed by atoms with Gasteiger partial charge in [-0.15, -0.1) is 0 Å². The van der Waals surface area contributed by atoms with Crippen LogP contribution in [0.15, 0.2) is 36.4 Å². The number of pyridine rings is 1. The van der Waals surface area contributed by atoms with Gasteiger partial charge in [-0.1, -0.05) is 18.2 Å². The van der Waals surface area contributed by atoms with Crippen LogP contribution in [0.25, 0.3) is 16.7 Å². The van der Waals surface area contributed by atoms with E-state index in [9.17, 15) is 9.90 Å². The molecule has 3 aromatic rings. The number of carboxylic acid groups (broad SMARTS) is 1. The molecule has 0 radical (unpaired) electrons. The molecule has 1 aliphatic rings. The molecule has 1 fully saturated rings. The maximum absolute atomic E-state index is 11.6. The fourth-order valence-electron chi connectivity index (χ4n) is 3.51. The Morgan fingerprint density at radius 1 is 1.22 bits per heavy atom. The van der Waals surface area contributed by atoms with Gasteiger partial charge in [0.05, 0.1) is 16.8 Å². The van der Waals surface area contributed by atoms with Crippen LogP contribution in [0.3, 0.4) is 0 Å². The van der Waals surface area contributed by atoms with Crippen LogP contribution in [0.5, 0.6) is 5.75 Å². The zero-order chi connectivity index (χ0) is 18.8. The van der Waals surface area contributed by atoms with Gasteiger partial charge in [0.15, 0.2) is 11.3 Å². The van der Waals surface area contributed by atoms with Crippen molar-refractivity contribution in [1.82, 2.24) is 19.7 Å². The lowest BCUT2D eigenvalue weighted by atomic mass is 10.2. The summed E-state index contributed by atoms with van der Waals surface area (Å²) >= 11 is 0. The van der Waals surface area contributed by atoms with E-state index in [0.29, 0.717) is 18.0 Å². The zero-order valence-electron chi connectivity index (χ0n) is 15.3. The minimum Gasteiger partial charge on any atom is -0.491 e. The van der Waals surface area contributed by atoms with E-state index in [-0.39, 0.29) is 5.69 Å². The van der Waals surface area contributed by atoms with Gasteiger partial charge in [-0.3, -0.25) is 4.90 Å². The van der Waals surface area contributed by atoms with E-state index >= 15 is 0 Å². The van der Waals surface area contributed by atoms with E-state index < -0.39 is 5.97 Å². The Kier molecular flexibility index (Phi) is 4.77. The van der Waals surface area contributed by atoms with Gasteiger partial charge in [-0.25, -0.2) is 14.5 Å². The molecule has 0 saturated carbocycles. The standard InChI is InChI=1S/C20H22N4O3/c1-14-18-17(27-12-11-23-9-5-6-10-23)13-16(20(25)26)21-19(18)24(22-14)15-7-3-2-4-8-15/h2-4,7-8,13H,5-6,9-12H2,1H3,(H,25,26). The second-order valence-corrected chi connectivity index (χ2v) is 6.74. The summed E-state index contributed by atoms with van der Waals surface area (Å²) < 4.78 is 7.67. The molecule has 0 atom stereocenters. The number of rotatable bonds is 6. The highest BCUT2D eigenvalue weighted by Gasteiger charge is 2.20. The molecule has 3 heterocycles. The number of aromatic nitrogens is 3. The molecule has 1 N–H and O–H groups in total. The molecule has 7 nitrogen and oxygen atoms in total. The van der Waals surface area contributed by atoms with Crippen molar-refractivity contribution >= 4 is 17.0 Å². The first-order chi connectivity index (χ1) is 13.1. The van der Waals surface area contributed by atoms with E-state index in [2.05, 4.69) is 15.0 Å². The van der Waals surface area contributed by atoms with Crippen molar-refractivity contribution in [3.8, 4) is 11.4 Å². The van der Waals surface area contributed by atoms with E-state index in [1.165, 1.54) is 18.9 Å². The van der Waals surface area contributed by atoms with Gasteiger partial charge in [0.25, 0.3) is 0 Å². The molecule has 1 saturated heterocycles. The number of fused-ring (bicyclic) bond motifs is 1. The Morgan fingerprint density at radius 3 is 2.67 bits per heavy atom. The highest BCUT2D eigenvalue weighted by Crippen LogP contribution is 2.30. The smallest absolute Gasteiger partial charge is 0.354 e. The molecule has 7 heteroatoms. The van der Waals surface area contributed by atoms with Gasteiger partial charge in [0.1, 0.15) is 12.4 Å². The molecule has 0 bridgehead atoms. The number of ether oxygens (including phenoxy) is 1. The Balaban J connectivity index is 1.73. The Labute approximate surface area is 157 Å². The van der Waals surface area contributed by atoms with Crippen LogP contribution in [-0.2, 0) is 0 Å². The molecule has 2 aromatic heterocycles. The van der Waals surface area contributed by atoms with Crippen molar-refractivity contribution in [2.45, 2.75) is 19.8 Å². The lowest BCUT2D eigenvalue weighted by Crippen LogP contribution is -2.25. The fourth-order valence-corrected chi connectivity index (χ4v) is 3.51. The first kappa shape index (κ1) is 17.5. The van der Waals surface area contributed by atoms with Crippen LogP contribution in [0.4, 0.5) is 0 Å². The van der Waals surface area contributed by atoms with E-state index in [4.69, 9.17) is 4.74 Å². The van der Waals surface area contributed by atoms with Crippen molar-refractivity contribution in [1.29, 1.82) is 0 Å². The van der Waals surface area contributed by atoms with E-state index in [1.807, 2.05) is 37.3 Å². The summed E-state index contributed by atoms with van der Waals surface area (Å²) in [6.45, 7) is 5.42. The summed E-state index contributed by atoms with van der Waals surface area (Å²) in [6, 6.07) is 11.1. The van der Waals surface area contributed by atoms with Gasteiger partial charge >= 0.3 is 5.97 Å². The minimum atomic E-state index is -1.08. The lowest BCUT2D eigenvalue weighted by molar-refractivity contribution is 0.0690. The maximum atomic E-state index is 11.6. The summed E-state index contributed by atoms with van der Waals surface area (Å²) in [5.74, 6) is -0.559. The van der Waals surface area contributed by atoms with Gasteiger partial charge in [0, 0.05) is 12.6 Å². The van der Waals surface area contributed by atoms with Crippen LogP contribution >= 0.6 is 0 Å². The van der Waals surface area contributed by atoms with Crippen LogP contribution in [0, 0.1) is 6.92 Å². The SMILES string of the molecule is Cc1nn(-c2ccccc2)c2nc(C(=O)O)cc(OCCN3CCCC3)c12. The quantitative estimate of drug-likeness (QED) is 0.722. The van der Waals surface area contributed by atoms with Crippen molar-refractivity contribution in [3.63, 3.8) is 0 Å². The number of benzene rings is 1. The number of carboxylic acids is 1. The molecule has 1 aliphatic heterocycles. The van der Waals surface area contributed by atoms with Crippen molar-refractivity contribution in [3.05, 3.63) is 47.8 Å². The Hall–Kier alpha value is -2.93. The third-order valence-corrected chi connectivity index (χ3v) is 4.86. The lowest BCUT2D eigenvalue weighted by Gasteiger charge is -2.15. The molecule has 0 amide bonds. The van der Waals surface area contributed by atoms with Crippen molar-refractivity contribution < 1.29 is 14.6 Å². The van der Waals surface area contributed by atoms with Crippen molar-refractivity contribution in [2.24, 2.45) is 0 Å². The van der Waals surface area contributed by atoms with Gasteiger partial charge in [0.2, 0.25) is 0 Å². The summed E-state index contributed by atoms with van der Waals surface area (Å²) in [4.78, 5) is 18.3. The average molecular weight is 366 g/mol. The highest BCUT2D eigenvalue weighted by atomic mass is 16.5. The predicted molar refractivity (Wildman–Crippen MR) is 102 cm³/mol. The number of likely N-dealkylation sites (tertiary alicyclic amines) is 1. The second kappa shape index (κ2) is 7.36. The van der Waals surface area contributed by atoms with Crippen LogP contribution in [0.1, 0.15) is 29.0 Å². The molecular weight excluding hydrogens is 344 g/mol. The van der Waals surface area contributed by atoms with Crippen LogP contribution < -0.4 is 4.74 Å². The number of aromatic carboxylic acids is 1.